The highest BCUT2D eigenvalue weighted by Gasteiger charge is 2.23. The molecule has 0 saturated carbocycles. The zero-order chi connectivity index (χ0) is 24.4. The summed E-state index contributed by atoms with van der Waals surface area (Å²) in [5.41, 5.74) is 7.75. The van der Waals surface area contributed by atoms with E-state index in [0.29, 0.717) is 5.56 Å². The first-order valence-corrected chi connectivity index (χ1v) is 12.2. The molecule has 1 N–H and O–H groups in total. The van der Waals surface area contributed by atoms with Gasteiger partial charge in [-0.05, 0) is 102 Å². The zero-order valence-corrected chi connectivity index (χ0v) is 19.5. The summed E-state index contributed by atoms with van der Waals surface area (Å²) in [6.07, 6.45) is 5.32. The van der Waals surface area contributed by atoms with Crippen molar-refractivity contribution in [2.24, 2.45) is 5.92 Å². The smallest absolute Gasteiger partial charge is 0.335 e. The molecule has 0 aromatic heterocycles. The molecule has 5 rings (SSSR count). The summed E-state index contributed by atoms with van der Waals surface area (Å²) in [6.45, 7) is 1.74. The summed E-state index contributed by atoms with van der Waals surface area (Å²) in [5, 5.41) is 9.51. The number of nitrogens with zero attached hydrogens (tertiary/aromatic N) is 1. The largest absolute Gasteiger partial charge is 0.478 e. The summed E-state index contributed by atoms with van der Waals surface area (Å²) < 4.78 is 13.7. The van der Waals surface area contributed by atoms with Crippen molar-refractivity contribution in [1.29, 1.82) is 0 Å². The molecule has 0 amide bonds. The van der Waals surface area contributed by atoms with Crippen molar-refractivity contribution in [3.05, 3.63) is 100 Å². The number of piperidine rings is 1. The third-order valence-electron chi connectivity index (χ3n) is 7.24. The van der Waals surface area contributed by atoms with E-state index in [9.17, 15) is 19.1 Å². The molecule has 178 valence electrons. The number of carboxylic acids is 1. The molecule has 1 fully saturated rings. The average molecular weight is 470 g/mol. The Morgan fingerprint density at radius 3 is 2.26 bits per heavy atom. The van der Waals surface area contributed by atoms with Gasteiger partial charge in [0.05, 0.1) is 5.56 Å². The lowest BCUT2D eigenvalue weighted by Crippen LogP contribution is -2.34. The maximum atomic E-state index is 13.7. The molecular weight excluding hydrogens is 441 g/mol. The standard InChI is InChI=1S/C30H28FNO3/c31-25-9-4-21(5-10-25)27-3-1-2-23-18-24(30(34)35)8-13-28(23)29(27)22-6-11-26(12-7-22)32-16-14-20(19-33)15-17-32/h4-13,18-20H,1-3,14-17H2,(H,34,35). The third kappa shape index (κ3) is 4.76. The lowest BCUT2D eigenvalue weighted by molar-refractivity contribution is -0.111. The number of hydrogen-bond donors (Lipinski definition) is 1. The Balaban J connectivity index is 1.59. The average Bonchev–Trinajstić information content (AvgIpc) is 3.08. The molecule has 0 atom stereocenters. The summed E-state index contributed by atoms with van der Waals surface area (Å²) >= 11 is 0. The van der Waals surface area contributed by atoms with Gasteiger partial charge >= 0.3 is 5.97 Å². The first-order valence-electron chi connectivity index (χ1n) is 12.2. The van der Waals surface area contributed by atoms with Gasteiger partial charge in [-0.3, -0.25) is 0 Å². The molecule has 1 heterocycles. The lowest BCUT2D eigenvalue weighted by atomic mass is 9.87. The predicted molar refractivity (Wildman–Crippen MR) is 136 cm³/mol. The topological polar surface area (TPSA) is 57.6 Å². The Hall–Kier alpha value is -3.73. The number of benzene rings is 3. The monoisotopic (exact) mass is 469 g/mol. The Morgan fingerprint density at radius 2 is 1.60 bits per heavy atom. The van der Waals surface area contributed by atoms with Crippen LogP contribution < -0.4 is 4.90 Å². The van der Waals surface area contributed by atoms with Crippen LogP contribution in [0.4, 0.5) is 10.1 Å². The molecular formula is C30H28FNO3. The van der Waals surface area contributed by atoms with Crippen LogP contribution in [0.3, 0.4) is 0 Å². The van der Waals surface area contributed by atoms with Gasteiger partial charge in [0.15, 0.2) is 0 Å². The van der Waals surface area contributed by atoms with E-state index in [1.807, 2.05) is 18.2 Å². The van der Waals surface area contributed by atoms with Gasteiger partial charge in [0.25, 0.3) is 0 Å². The first-order chi connectivity index (χ1) is 17.0. The minimum atomic E-state index is -0.927. The van der Waals surface area contributed by atoms with Gasteiger partial charge in [0.2, 0.25) is 0 Å². The molecule has 0 spiro atoms. The first kappa shape index (κ1) is 23.0. The second-order valence-electron chi connectivity index (χ2n) is 9.40. The van der Waals surface area contributed by atoms with E-state index in [4.69, 9.17) is 0 Å². The van der Waals surface area contributed by atoms with Crippen molar-refractivity contribution < 1.29 is 19.1 Å². The molecule has 0 unspecified atom stereocenters. The molecule has 0 radical (unpaired) electrons. The molecule has 3 aromatic rings. The number of aldehydes is 1. The Bertz CT molecular complexity index is 1270. The van der Waals surface area contributed by atoms with E-state index in [2.05, 4.69) is 29.2 Å². The third-order valence-corrected chi connectivity index (χ3v) is 7.24. The number of fused-ring (bicyclic) bond motifs is 1. The number of carbonyl (C=O) groups excluding carboxylic acids is 1. The molecule has 0 bridgehead atoms. The molecule has 1 saturated heterocycles. The van der Waals surface area contributed by atoms with E-state index < -0.39 is 5.97 Å². The molecule has 1 aliphatic carbocycles. The Kier molecular flexibility index (Phi) is 6.49. The predicted octanol–water partition coefficient (Wildman–Crippen LogP) is 6.23. The van der Waals surface area contributed by atoms with Gasteiger partial charge < -0.3 is 14.8 Å². The fourth-order valence-corrected chi connectivity index (χ4v) is 5.32. The summed E-state index contributed by atoms with van der Waals surface area (Å²) in [5.74, 6) is -1.03. The molecule has 3 aromatic carbocycles. The number of hydrogen-bond acceptors (Lipinski definition) is 3. The van der Waals surface area contributed by atoms with Crippen molar-refractivity contribution in [2.45, 2.75) is 32.1 Å². The molecule has 4 nitrogen and oxygen atoms in total. The maximum absolute atomic E-state index is 13.7. The van der Waals surface area contributed by atoms with Crippen LogP contribution in [0.5, 0.6) is 0 Å². The van der Waals surface area contributed by atoms with Crippen molar-refractivity contribution >= 4 is 29.1 Å². The zero-order valence-electron chi connectivity index (χ0n) is 19.5. The second-order valence-corrected chi connectivity index (χ2v) is 9.40. The minimum Gasteiger partial charge on any atom is -0.478 e. The highest BCUT2D eigenvalue weighted by Crippen LogP contribution is 2.40. The quantitative estimate of drug-likeness (QED) is 0.450. The SMILES string of the molecule is O=CC1CCN(c2ccc(C3=C(c4ccc(F)cc4)CCCc4cc(C(=O)O)ccc43)cc2)CC1. The Morgan fingerprint density at radius 1 is 0.914 bits per heavy atom. The van der Waals surface area contributed by atoms with Crippen molar-refractivity contribution in [2.75, 3.05) is 18.0 Å². The van der Waals surface area contributed by atoms with Gasteiger partial charge in [0.1, 0.15) is 12.1 Å². The van der Waals surface area contributed by atoms with E-state index in [0.717, 1.165) is 90.6 Å². The summed E-state index contributed by atoms with van der Waals surface area (Å²) in [6, 6.07) is 20.5. The van der Waals surface area contributed by atoms with Crippen LogP contribution in [-0.2, 0) is 11.2 Å². The fourth-order valence-electron chi connectivity index (χ4n) is 5.32. The van der Waals surface area contributed by atoms with Gasteiger partial charge in [-0.2, -0.15) is 0 Å². The van der Waals surface area contributed by atoms with E-state index >= 15 is 0 Å². The number of aryl methyl sites for hydroxylation is 1. The summed E-state index contributed by atoms with van der Waals surface area (Å²) in [7, 11) is 0. The van der Waals surface area contributed by atoms with Gasteiger partial charge in [-0.15, -0.1) is 0 Å². The molecule has 2 aliphatic rings. The maximum Gasteiger partial charge on any atom is 0.335 e. The minimum absolute atomic E-state index is 0.159. The van der Waals surface area contributed by atoms with Crippen LogP contribution in [0.25, 0.3) is 11.1 Å². The summed E-state index contributed by atoms with van der Waals surface area (Å²) in [4.78, 5) is 25.0. The fraction of sp³-hybridized carbons (Fsp3) is 0.267. The molecule has 35 heavy (non-hydrogen) atoms. The van der Waals surface area contributed by atoms with Gasteiger partial charge in [-0.1, -0.05) is 30.3 Å². The van der Waals surface area contributed by atoms with Gasteiger partial charge in [-0.25, -0.2) is 9.18 Å². The second kappa shape index (κ2) is 9.87. The number of rotatable bonds is 5. The van der Waals surface area contributed by atoms with Crippen molar-refractivity contribution in [3.63, 3.8) is 0 Å². The normalized spacial score (nSPS) is 16.5. The van der Waals surface area contributed by atoms with Crippen LogP contribution in [-0.4, -0.2) is 30.5 Å². The number of carboxylic acid groups (broad SMARTS) is 1. The van der Waals surface area contributed by atoms with E-state index in [1.165, 1.54) is 12.1 Å². The number of aromatic carboxylic acids is 1. The number of halogens is 1. The van der Waals surface area contributed by atoms with Crippen LogP contribution in [0.2, 0.25) is 0 Å². The van der Waals surface area contributed by atoms with Gasteiger partial charge in [0, 0.05) is 24.7 Å². The number of carbonyl (C=O) groups is 2. The van der Waals surface area contributed by atoms with Crippen molar-refractivity contribution in [1.82, 2.24) is 0 Å². The van der Waals surface area contributed by atoms with Crippen LogP contribution >= 0.6 is 0 Å². The number of anilines is 1. The van der Waals surface area contributed by atoms with Crippen LogP contribution in [0.15, 0.2) is 66.7 Å². The lowest BCUT2D eigenvalue weighted by Gasteiger charge is -2.31. The van der Waals surface area contributed by atoms with E-state index in [-0.39, 0.29) is 11.7 Å². The molecule has 1 aliphatic heterocycles. The van der Waals surface area contributed by atoms with E-state index in [1.54, 1.807) is 12.1 Å². The highest BCUT2D eigenvalue weighted by molar-refractivity contribution is 6.00. The van der Waals surface area contributed by atoms with Crippen molar-refractivity contribution in [3.8, 4) is 0 Å². The Labute approximate surface area is 204 Å². The van der Waals surface area contributed by atoms with Crippen LogP contribution in [0, 0.1) is 11.7 Å². The number of allylic oxidation sites excluding steroid dienone is 1. The van der Waals surface area contributed by atoms with Crippen LogP contribution in [0.1, 0.15) is 58.3 Å². The molecule has 5 heteroatoms. The highest BCUT2D eigenvalue weighted by atomic mass is 19.1.